The summed E-state index contributed by atoms with van der Waals surface area (Å²) in [5.41, 5.74) is 0.498. The molecule has 2 N–H and O–H groups in total. The number of benzene rings is 1. The second-order valence-corrected chi connectivity index (χ2v) is 7.02. The maximum absolute atomic E-state index is 12.2. The largest absolute Gasteiger partial charge is 0.481 e. The van der Waals surface area contributed by atoms with Crippen LogP contribution in [0, 0.1) is 17.3 Å². The number of carbonyl (C=O) groups excluding carboxylic acids is 1. The molecule has 1 saturated carbocycles. The Bertz CT molecular complexity index is 798. The molecule has 25 heavy (non-hydrogen) atoms. The highest BCUT2D eigenvalue weighted by atomic mass is 16.4. The quantitative estimate of drug-likeness (QED) is 0.829. The lowest BCUT2D eigenvalue weighted by Gasteiger charge is -2.07. The van der Waals surface area contributed by atoms with Gasteiger partial charge in [-0.25, -0.2) is 0 Å². The van der Waals surface area contributed by atoms with E-state index >= 15 is 0 Å². The minimum atomic E-state index is -0.911. The fourth-order valence-corrected chi connectivity index (χ4v) is 3.41. The first-order valence-electron chi connectivity index (χ1n) is 8.28. The number of carboxylic acid groups (broad SMARTS) is 1. The Balaban J connectivity index is 1.58. The molecular weight excluding hydrogens is 320 g/mol. The van der Waals surface area contributed by atoms with Crippen molar-refractivity contribution in [1.29, 1.82) is 0 Å². The third-order valence-corrected chi connectivity index (χ3v) is 5.02. The van der Waals surface area contributed by atoms with Gasteiger partial charge in [-0.05, 0) is 5.41 Å². The summed E-state index contributed by atoms with van der Waals surface area (Å²) in [4.78, 5) is 23.4. The summed E-state index contributed by atoms with van der Waals surface area (Å²) in [5.74, 6) is -0.648. The molecule has 0 aliphatic heterocycles. The monoisotopic (exact) mass is 342 g/mol. The molecule has 0 spiro atoms. The van der Waals surface area contributed by atoms with Crippen molar-refractivity contribution in [2.45, 2.75) is 20.3 Å². The van der Waals surface area contributed by atoms with Crippen LogP contribution in [0.3, 0.4) is 0 Å². The smallest absolute Gasteiger partial charge is 0.307 e. The molecule has 2 aromatic rings. The van der Waals surface area contributed by atoms with Crippen molar-refractivity contribution >= 4 is 11.9 Å². The average molecular weight is 342 g/mol. The summed E-state index contributed by atoms with van der Waals surface area (Å²) in [6.07, 6.45) is 0.535. The van der Waals surface area contributed by atoms with Crippen LogP contribution < -0.4 is 5.32 Å². The van der Waals surface area contributed by atoms with Crippen LogP contribution in [0.4, 0.5) is 0 Å². The van der Waals surface area contributed by atoms with Gasteiger partial charge in [0.1, 0.15) is 5.82 Å². The van der Waals surface area contributed by atoms with E-state index in [1.165, 1.54) is 0 Å². The summed E-state index contributed by atoms with van der Waals surface area (Å²) >= 11 is 0. The van der Waals surface area contributed by atoms with Crippen molar-refractivity contribution in [2.24, 2.45) is 24.3 Å². The fourth-order valence-electron chi connectivity index (χ4n) is 3.41. The van der Waals surface area contributed by atoms with Gasteiger partial charge in [-0.3, -0.25) is 9.59 Å². The van der Waals surface area contributed by atoms with Gasteiger partial charge in [0, 0.05) is 25.6 Å². The average Bonchev–Trinajstić information content (AvgIpc) is 2.98. The van der Waals surface area contributed by atoms with E-state index in [2.05, 4.69) is 15.5 Å². The predicted octanol–water partition coefficient (Wildman–Crippen LogP) is 1.50. The zero-order chi connectivity index (χ0) is 18.2. The van der Waals surface area contributed by atoms with Crippen molar-refractivity contribution in [3.63, 3.8) is 0 Å². The van der Waals surface area contributed by atoms with Crippen LogP contribution in [0.2, 0.25) is 0 Å². The summed E-state index contributed by atoms with van der Waals surface area (Å²) in [7, 11) is 1.89. The van der Waals surface area contributed by atoms with E-state index < -0.39 is 23.2 Å². The summed E-state index contributed by atoms with van der Waals surface area (Å²) in [5, 5.41) is 20.4. The third-order valence-electron chi connectivity index (χ3n) is 5.02. The number of aliphatic carboxylic acids is 1. The van der Waals surface area contributed by atoms with Gasteiger partial charge in [-0.15, -0.1) is 10.2 Å². The van der Waals surface area contributed by atoms with Gasteiger partial charge in [0.25, 0.3) is 0 Å². The number of amides is 1. The van der Waals surface area contributed by atoms with Crippen molar-refractivity contribution in [2.75, 3.05) is 6.54 Å². The molecule has 1 aliphatic rings. The lowest BCUT2D eigenvalue weighted by molar-refractivity contribution is -0.140. The molecule has 1 aromatic carbocycles. The Labute approximate surface area is 146 Å². The van der Waals surface area contributed by atoms with Crippen LogP contribution in [0.1, 0.15) is 19.7 Å². The van der Waals surface area contributed by atoms with Crippen molar-refractivity contribution in [3.8, 4) is 11.4 Å². The van der Waals surface area contributed by atoms with Crippen LogP contribution in [0.5, 0.6) is 0 Å². The van der Waals surface area contributed by atoms with Gasteiger partial charge >= 0.3 is 5.97 Å². The van der Waals surface area contributed by atoms with Crippen LogP contribution >= 0.6 is 0 Å². The van der Waals surface area contributed by atoms with Crippen molar-refractivity contribution < 1.29 is 14.7 Å². The highest BCUT2D eigenvalue weighted by molar-refractivity contribution is 5.91. The Morgan fingerprint density at radius 3 is 2.48 bits per heavy atom. The lowest BCUT2D eigenvalue weighted by atomic mass is 10.1. The number of nitrogens with zero attached hydrogens (tertiary/aromatic N) is 3. The highest BCUT2D eigenvalue weighted by Gasteiger charge is 2.65. The summed E-state index contributed by atoms with van der Waals surface area (Å²) in [6.45, 7) is 4.02. The molecule has 1 amide bonds. The number of nitrogens with one attached hydrogen (secondary N) is 1. The van der Waals surface area contributed by atoms with E-state index in [9.17, 15) is 9.59 Å². The lowest BCUT2D eigenvalue weighted by Crippen LogP contribution is -2.29. The number of carboxylic acids is 1. The maximum Gasteiger partial charge on any atom is 0.307 e. The van der Waals surface area contributed by atoms with Gasteiger partial charge < -0.3 is 15.0 Å². The molecular formula is C18H22N4O3. The standard InChI is InChI=1S/C18H22N4O3/c1-18(2)13(14(18)17(24)25)16(23)19-10-9-12-20-21-15(22(12)3)11-7-5-4-6-8-11/h4-8,13-14H,9-10H2,1-3H3,(H,19,23)(H,24,25)/t13-,14+/m0/s1. The maximum atomic E-state index is 12.2. The number of aromatic nitrogens is 3. The molecule has 0 bridgehead atoms. The first-order chi connectivity index (χ1) is 11.8. The third kappa shape index (κ3) is 3.14. The van der Waals surface area contributed by atoms with Crippen molar-refractivity contribution in [1.82, 2.24) is 20.1 Å². The number of hydrogen-bond donors (Lipinski definition) is 2. The van der Waals surface area contributed by atoms with Gasteiger partial charge in [0.05, 0.1) is 11.8 Å². The van der Waals surface area contributed by atoms with Gasteiger partial charge in [-0.2, -0.15) is 0 Å². The van der Waals surface area contributed by atoms with E-state index in [1.807, 2.05) is 55.8 Å². The van der Waals surface area contributed by atoms with E-state index in [-0.39, 0.29) is 5.91 Å². The van der Waals surface area contributed by atoms with Crippen molar-refractivity contribution in [3.05, 3.63) is 36.2 Å². The molecule has 132 valence electrons. The minimum absolute atomic E-state index is 0.206. The predicted molar refractivity (Wildman–Crippen MR) is 91.5 cm³/mol. The molecule has 0 unspecified atom stereocenters. The van der Waals surface area contributed by atoms with E-state index in [1.54, 1.807) is 0 Å². The highest BCUT2D eigenvalue weighted by Crippen LogP contribution is 2.58. The first-order valence-corrected chi connectivity index (χ1v) is 8.28. The zero-order valence-electron chi connectivity index (χ0n) is 14.6. The Kier molecular flexibility index (Phi) is 4.32. The van der Waals surface area contributed by atoms with Crippen LogP contribution in [-0.4, -0.2) is 38.3 Å². The topological polar surface area (TPSA) is 97.1 Å². The fraction of sp³-hybridized carbons (Fsp3) is 0.444. The Morgan fingerprint density at radius 1 is 1.20 bits per heavy atom. The molecule has 2 atom stereocenters. The molecule has 7 nitrogen and oxygen atoms in total. The second-order valence-electron chi connectivity index (χ2n) is 7.02. The molecule has 1 heterocycles. The normalized spacial score (nSPS) is 20.9. The minimum Gasteiger partial charge on any atom is -0.481 e. The van der Waals surface area contributed by atoms with Gasteiger partial charge in [-0.1, -0.05) is 44.2 Å². The summed E-state index contributed by atoms with van der Waals surface area (Å²) in [6, 6.07) is 9.77. The van der Waals surface area contributed by atoms with Gasteiger partial charge in [0.15, 0.2) is 5.82 Å². The second kappa shape index (κ2) is 6.31. The molecule has 0 radical (unpaired) electrons. The molecule has 1 fully saturated rings. The van der Waals surface area contributed by atoms with Crippen LogP contribution in [0.15, 0.2) is 30.3 Å². The molecule has 1 aliphatic carbocycles. The molecule has 3 rings (SSSR count). The number of rotatable bonds is 6. The molecule has 7 heteroatoms. The SMILES string of the molecule is Cn1c(CCNC(=O)[C@@H]2[C@H](C(=O)O)C2(C)C)nnc1-c1ccccc1. The molecule has 1 aromatic heterocycles. The first kappa shape index (κ1) is 17.1. The Hall–Kier alpha value is -2.70. The Morgan fingerprint density at radius 2 is 1.88 bits per heavy atom. The summed E-state index contributed by atoms with van der Waals surface area (Å²) < 4.78 is 1.91. The van der Waals surface area contributed by atoms with E-state index in [4.69, 9.17) is 5.11 Å². The van der Waals surface area contributed by atoms with Crippen LogP contribution in [0.25, 0.3) is 11.4 Å². The van der Waals surface area contributed by atoms with E-state index in [0.29, 0.717) is 13.0 Å². The molecule has 0 saturated heterocycles. The van der Waals surface area contributed by atoms with E-state index in [0.717, 1.165) is 17.2 Å². The van der Waals surface area contributed by atoms with Crippen LogP contribution in [-0.2, 0) is 23.1 Å². The van der Waals surface area contributed by atoms with Gasteiger partial charge in [0.2, 0.25) is 5.91 Å². The zero-order valence-corrected chi connectivity index (χ0v) is 14.6. The number of carbonyl (C=O) groups is 2. The number of hydrogen-bond acceptors (Lipinski definition) is 4.